The fourth-order valence-corrected chi connectivity index (χ4v) is 1.55. The Bertz CT molecular complexity index is 124. The summed E-state index contributed by atoms with van der Waals surface area (Å²) >= 11 is 0. The Morgan fingerprint density at radius 1 is 1.36 bits per heavy atom. The van der Waals surface area contributed by atoms with E-state index in [0.29, 0.717) is 0 Å². The van der Waals surface area contributed by atoms with Gasteiger partial charge >= 0.3 is 0 Å². The molecule has 0 aromatic heterocycles. The number of hydrogen-bond acceptors (Lipinski definition) is 1. The predicted molar refractivity (Wildman–Crippen MR) is 49.0 cm³/mol. The molecule has 1 rings (SSSR count). The Labute approximate surface area is 69.3 Å². The molecule has 0 heterocycles. The van der Waals surface area contributed by atoms with Crippen molar-refractivity contribution in [3.05, 3.63) is 0 Å². The molecular weight excluding hydrogens is 136 g/mol. The Kier molecular flexibility index (Phi) is 3.40. The molecule has 64 valence electrons. The summed E-state index contributed by atoms with van der Waals surface area (Å²) in [6.45, 7) is 1.04. The second-order valence-electron chi connectivity index (χ2n) is 3.59. The molecule has 0 saturated heterocycles. The molecule has 0 radical (unpaired) electrons. The molecule has 0 aliphatic heterocycles. The molecule has 1 aliphatic rings. The van der Waals surface area contributed by atoms with Gasteiger partial charge in [-0.15, -0.1) is 0 Å². The van der Waals surface area contributed by atoms with E-state index in [2.05, 4.69) is 4.99 Å². The summed E-state index contributed by atoms with van der Waals surface area (Å²) in [5, 5.41) is 0. The summed E-state index contributed by atoms with van der Waals surface area (Å²) in [7, 11) is 4.02. The highest BCUT2D eigenvalue weighted by atomic mass is 15.1. The van der Waals surface area contributed by atoms with Crippen molar-refractivity contribution in [2.75, 3.05) is 20.6 Å². The van der Waals surface area contributed by atoms with Crippen molar-refractivity contribution >= 4 is 6.34 Å². The van der Waals surface area contributed by atoms with E-state index >= 15 is 0 Å². The van der Waals surface area contributed by atoms with Crippen molar-refractivity contribution in [3.8, 4) is 0 Å². The Morgan fingerprint density at radius 3 is 2.55 bits per heavy atom. The van der Waals surface area contributed by atoms with E-state index in [9.17, 15) is 0 Å². The highest BCUT2D eigenvalue weighted by Gasteiger charge is 2.13. The lowest BCUT2D eigenvalue weighted by atomic mass is 10.1. The van der Waals surface area contributed by atoms with E-state index in [4.69, 9.17) is 0 Å². The maximum Gasteiger partial charge on any atom is 0.0844 e. The van der Waals surface area contributed by atoms with Gasteiger partial charge in [-0.25, -0.2) is 0 Å². The summed E-state index contributed by atoms with van der Waals surface area (Å²) in [6.07, 6.45) is 7.54. The quantitative estimate of drug-likeness (QED) is 0.447. The molecule has 2 nitrogen and oxygen atoms in total. The minimum Gasteiger partial charge on any atom is -0.369 e. The monoisotopic (exact) mass is 154 g/mol. The van der Waals surface area contributed by atoms with Crippen molar-refractivity contribution in [1.29, 1.82) is 0 Å². The maximum atomic E-state index is 4.35. The van der Waals surface area contributed by atoms with Crippen LogP contribution in [0.5, 0.6) is 0 Å². The van der Waals surface area contributed by atoms with Crippen LogP contribution in [0.25, 0.3) is 0 Å². The smallest absolute Gasteiger partial charge is 0.0844 e. The second-order valence-corrected chi connectivity index (χ2v) is 3.59. The number of aliphatic imine (C=N–C) groups is 1. The lowest BCUT2D eigenvalue weighted by molar-refractivity contribution is 0.555. The van der Waals surface area contributed by atoms with Crippen LogP contribution >= 0.6 is 0 Å². The highest BCUT2D eigenvalue weighted by molar-refractivity contribution is 5.53. The van der Waals surface area contributed by atoms with Crippen LogP contribution in [0.15, 0.2) is 4.99 Å². The largest absolute Gasteiger partial charge is 0.369 e. The highest BCUT2D eigenvalue weighted by Crippen LogP contribution is 2.24. The first-order valence-corrected chi connectivity index (χ1v) is 4.45. The van der Waals surface area contributed by atoms with Gasteiger partial charge in [0.25, 0.3) is 0 Å². The zero-order valence-electron chi connectivity index (χ0n) is 7.58. The van der Waals surface area contributed by atoms with Gasteiger partial charge in [-0.1, -0.05) is 12.8 Å². The van der Waals surface area contributed by atoms with Gasteiger partial charge in [0.1, 0.15) is 0 Å². The molecule has 0 aromatic carbocycles. The van der Waals surface area contributed by atoms with Gasteiger partial charge < -0.3 is 4.90 Å². The van der Waals surface area contributed by atoms with Gasteiger partial charge in [0, 0.05) is 20.6 Å². The van der Waals surface area contributed by atoms with Gasteiger partial charge in [-0.05, 0) is 18.8 Å². The van der Waals surface area contributed by atoms with E-state index in [1.54, 1.807) is 0 Å². The normalized spacial score (nSPS) is 19.8. The van der Waals surface area contributed by atoms with Gasteiger partial charge in [-0.2, -0.15) is 0 Å². The molecule has 11 heavy (non-hydrogen) atoms. The fourth-order valence-electron chi connectivity index (χ4n) is 1.55. The molecule has 0 N–H and O–H groups in total. The Morgan fingerprint density at radius 2 is 2.00 bits per heavy atom. The molecule has 0 unspecified atom stereocenters. The minimum atomic E-state index is 0.881. The summed E-state index contributed by atoms with van der Waals surface area (Å²) in [5.41, 5.74) is 0. The molecular formula is C9H18N2. The minimum absolute atomic E-state index is 0.881. The second kappa shape index (κ2) is 4.37. The van der Waals surface area contributed by atoms with Crippen LogP contribution in [-0.4, -0.2) is 31.9 Å². The van der Waals surface area contributed by atoms with E-state index in [1.165, 1.54) is 25.7 Å². The van der Waals surface area contributed by atoms with Gasteiger partial charge in [-0.3, -0.25) is 4.99 Å². The average molecular weight is 154 g/mol. The van der Waals surface area contributed by atoms with Crippen LogP contribution in [0.2, 0.25) is 0 Å². The first-order valence-electron chi connectivity index (χ1n) is 4.45. The van der Waals surface area contributed by atoms with Gasteiger partial charge in [0.2, 0.25) is 0 Å². The molecule has 0 spiro atoms. The molecule has 2 heteroatoms. The number of hydrogen-bond donors (Lipinski definition) is 0. The zero-order valence-corrected chi connectivity index (χ0v) is 7.58. The molecule has 1 saturated carbocycles. The van der Waals surface area contributed by atoms with Crippen LogP contribution in [0.1, 0.15) is 25.7 Å². The molecule has 0 amide bonds. The van der Waals surface area contributed by atoms with Gasteiger partial charge in [0.15, 0.2) is 0 Å². The SMILES string of the molecule is CN(C)C=NCC1CCCC1. The third-order valence-corrected chi connectivity index (χ3v) is 2.15. The number of nitrogens with zero attached hydrogens (tertiary/aromatic N) is 2. The van der Waals surface area contributed by atoms with E-state index in [-0.39, 0.29) is 0 Å². The fraction of sp³-hybridized carbons (Fsp3) is 0.889. The van der Waals surface area contributed by atoms with Crippen LogP contribution in [0.3, 0.4) is 0 Å². The van der Waals surface area contributed by atoms with Crippen molar-refractivity contribution in [3.63, 3.8) is 0 Å². The molecule has 1 fully saturated rings. The lowest BCUT2D eigenvalue weighted by Gasteiger charge is -2.05. The molecule has 0 aromatic rings. The van der Waals surface area contributed by atoms with E-state index in [1.807, 2.05) is 25.3 Å². The first-order chi connectivity index (χ1) is 5.29. The number of rotatable bonds is 3. The van der Waals surface area contributed by atoms with Crippen molar-refractivity contribution in [2.24, 2.45) is 10.9 Å². The molecule has 1 aliphatic carbocycles. The van der Waals surface area contributed by atoms with Crippen LogP contribution in [0.4, 0.5) is 0 Å². The van der Waals surface area contributed by atoms with Crippen molar-refractivity contribution < 1.29 is 0 Å². The Hall–Kier alpha value is -0.530. The maximum absolute atomic E-state index is 4.35. The third kappa shape index (κ3) is 3.40. The first kappa shape index (κ1) is 8.57. The van der Waals surface area contributed by atoms with Crippen molar-refractivity contribution in [1.82, 2.24) is 4.90 Å². The van der Waals surface area contributed by atoms with Crippen LogP contribution in [-0.2, 0) is 0 Å². The summed E-state index contributed by atoms with van der Waals surface area (Å²) in [5.74, 6) is 0.881. The summed E-state index contributed by atoms with van der Waals surface area (Å²) < 4.78 is 0. The van der Waals surface area contributed by atoms with Crippen molar-refractivity contribution in [2.45, 2.75) is 25.7 Å². The van der Waals surface area contributed by atoms with Gasteiger partial charge in [0.05, 0.1) is 6.34 Å². The lowest BCUT2D eigenvalue weighted by Crippen LogP contribution is -2.09. The average Bonchev–Trinajstić information content (AvgIpc) is 2.39. The standard InChI is InChI=1S/C9H18N2/c1-11(2)8-10-7-9-5-3-4-6-9/h8-9H,3-7H2,1-2H3. The zero-order chi connectivity index (χ0) is 8.10. The third-order valence-electron chi connectivity index (χ3n) is 2.15. The topological polar surface area (TPSA) is 15.6 Å². The molecule has 0 bridgehead atoms. The van der Waals surface area contributed by atoms with E-state index in [0.717, 1.165) is 12.5 Å². The Balaban J connectivity index is 2.10. The van der Waals surface area contributed by atoms with Crippen LogP contribution in [0, 0.1) is 5.92 Å². The molecule has 0 atom stereocenters. The van der Waals surface area contributed by atoms with E-state index < -0.39 is 0 Å². The summed E-state index contributed by atoms with van der Waals surface area (Å²) in [4.78, 5) is 6.35. The predicted octanol–water partition coefficient (Wildman–Crippen LogP) is 1.77. The van der Waals surface area contributed by atoms with Crippen LogP contribution < -0.4 is 0 Å². The summed E-state index contributed by atoms with van der Waals surface area (Å²) in [6, 6.07) is 0.